The molecular formula is C15H28O. The molecule has 2 aliphatic rings. The van der Waals surface area contributed by atoms with E-state index >= 15 is 0 Å². The molecule has 94 valence electrons. The van der Waals surface area contributed by atoms with Gasteiger partial charge in [-0.05, 0) is 43.4 Å². The van der Waals surface area contributed by atoms with Crippen molar-refractivity contribution in [3.8, 4) is 0 Å². The van der Waals surface area contributed by atoms with Crippen LogP contribution in [0.5, 0.6) is 0 Å². The summed E-state index contributed by atoms with van der Waals surface area (Å²) in [5, 5.41) is 10.9. The third-order valence-corrected chi connectivity index (χ3v) is 5.14. The molecule has 0 saturated heterocycles. The molecule has 1 N–H and O–H groups in total. The van der Waals surface area contributed by atoms with E-state index in [0.29, 0.717) is 5.92 Å². The number of hydrogen-bond acceptors (Lipinski definition) is 1. The summed E-state index contributed by atoms with van der Waals surface area (Å²) in [5.41, 5.74) is -0.298. The van der Waals surface area contributed by atoms with Crippen molar-refractivity contribution in [3.63, 3.8) is 0 Å². The Labute approximate surface area is 101 Å². The Morgan fingerprint density at radius 1 is 1.19 bits per heavy atom. The number of aliphatic hydroxyl groups is 1. The van der Waals surface area contributed by atoms with Crippen LogP contribution in [0.25, 0.3) is 0 Å². The van der Waals surface area contributed by atoms with Crippen molar-refractivity contribution in [2.24, 2.45) is 17.8 Å². The summed E-state index contributed by atoms with van der Waals surface area (Å²) in [5.74, 6) is 2.23. The third kappa shape index (κ3) is 2.61. The van der Waals surface area contributed by atoms with E-state index in [9.17, 15) is 5.11 Å². The first-order chi connectivity index (χ1) is 7.64. The summed E-state index contributed by atoms with van der Waals surface area (Å²) in [6.07, 6.45) is 11.3. The highest BCUT2D eigenvalue weighted by atomic mass is 16.3. The van der Waals surface area contributed by atoms with Crippen molar-refractivity contribution in [1.82, 2.24) is 0 Å². The van der Waals surface area contributed by atoms with Crippen molar-refractivity contribution in [2.45, 2.75) is 77.2 Å². The minimum absolute atomic E-state index is 0.298. The summed E-state index contributed by atoms with van der Waals surface area (Å²) in [4.78, 5) is 0. The van der Waals surface area contributed by atoms with E-state index in [1.807, 2.05) is 0 Å². The molecule has 0 bridgehead atoms. The molecule has 0 radical (unpaired) electrons. The Balaban J connectivity index is 1.99. The van der Waals surface area contributed by atoms with Crippen LogP contribution in [0.1, 0.15) is 71.6 Å². The molecule has 0 aliphatic heterocycles. The molecule has 4 unspecified atom stereocenters. The van der Waals surface area contributed by atoms with E-state index in [-0.39, 0.29) is 5.60 Å². The quantitative estimate of drug-likeness (QED) is 0.747. The average Bonchev–Trinajstić information content (AvgIpc) is 2.29. The van der Waals surface area contributed by atoms with Gasteiger partial charge >= 0.3 is 0 Å². The molecule has 0 heterocycles. The lowest BCUT2D eigenvalue weighted by molar-refractivity contribution is -0.0816. The van der Waals surface area contributed by atoms with E-state index in [1.54, 1.807) is 0 Å². The van der Waals surface area contributed by atoms with Crippen molar-refractivity contribution < 1.29 is 5.11 Å². The Morgan fingerprint density at radius 2 is 2.00 bits per heavy atom. The maximum Gasteiger partial charge on any atom is 0.0678 e. The smallest absolute Gasteiger partial charge is 0.0678 e. The second kappa shape index (κ2) is 5.08. The van der Waals surface area contributed by atoms with Crippen LogP contribution in [0.2, 0.25) is 0 Å². The minimum Gasteiger partial charge on any atom is -0.390 e. The van der Waals surface area contributed by atoms with Gasteiger partial charge in [0.25, 0.3) is 0 Å². The highest BCUT2D eigenvalue weighted by Crippen LogP contribution is 2.45. The van der Waals surface area contributed by atoms with Gasteiger partial charge < -0.3 is 5.11 Å². The molecule has 2 aliphatic carbocycles. The van der Waals surface area contributed by atoms with Gasteiger partial charge in [-0.25, -0.2) is 0 Å². The summed E-state index contributed by atoms with van der Waals surface area (Å²) in [7, 11) is 0. The zero-order valence-electron chi connectivity index (χ0n) is 11.0. The molecule has 4 atom stereocenters. The normalized spacial score (nSPS) is 45.6. The topological polar surface area (TPSA) is 20.2 Å². The first kappa shape index (κ1) is 12.4. The molecule has 0 spiro atoms. The highest BCUT2D eigenvalue weighted by molar-refractivity contribution is 4.93. The van der Waals surface area contributed by atoms with Gasteiger partial charge in [0, 0.05) is 0 Å². The molecule has 0 aromatic carbocycles. The SMILES string of the molecule is CCC1CCCC(O)(C2CCCC(C)C2)C1. The first-order valence-corrected chi connectivity index (χ1v) is 7.36. The maximum atomic E-state index is 10.9. The van der Waals surface area contributed by atoms with Crippen molar-refractivity contribution in [1.29, 1.82) is 0 Å². The predicted molar refractivity (Wildman–Crippen MR) is 68.3 cm³/mol. The van der Waals surface area contributed by atoms with Crippen LogP contribution in [0.4, 0.5) is 0 Å². The van der Waals surface area contributed by atoms with Crippen LogP contribution in [0.3, 0.4) is 0 Å². The molecule has 2 fully saturated rings. The molecule has 2 rings (SSSR count). The summed E-state index contributed by atoms with van der Waals surface area (Å²) < 4.78 is 0. The van der Waals surface area contributed by atoms with Crippen LogP contribution in [0.15, 0.2) is 0 Å². The van der Waals surface area contributed by atoms with Crippen molar-refractivity contribution >= 4 is 0 Å². The molecule has 0 aromatic rings. The largest absolute Gasteiger partial charge is 0.390 e. The first-order valence-electron chi connectivity index (χ1n) is 7.36. The molecular weight excluding hydrogens is 196 g/mol. The predicted octanol–water partition coefficient (Wildman–Crippen LogP) is 4.14. The standard InChI is InChI=1S/C15H28O/c1-3-13-7-5-9-15(16,11-13)14-8-4-6-12(2)10-14/h12-14,16H,3-11H2,1-2H3. The Bertz CT molecular complexity index is 225. The molecule has 0 aromatic heterocycles. The van der Waals surface area contributed by atoms with Gasteiger partial charge in [-0.2, -0.15) is 0 Å². The van der Waals surface area contributed by atoms with Gasteiger partial charge in [-0.15, -0.1) is 0 Å². The molecule has 1 heteroatoms. The van der Waals surface area contributed by atoms with Gasteiger partial charge in [0.2, 0.25) is 0 Å². The third-order valence-electron chi connectivity index (χ3n) is 5.14. The minimum atomic E-state index is -0.298. The van der Waals surface area contributed by atoms with Crippen LogP contribution in [-0.2, 0) is 0 Å². The van der Waals surface area contributed by atoms with Gasteiger partial charge in [0.15, 0.2) is 0 Å². The molecule has 2 saturated carbocycles. The van der Waals surface area contributed by atoms with Crippen LogP contribution < -0.4 is 0 Å². The van der Waals surface area contributed by atoms with E-state index < -0.39 is 0 Å². The second-order valence-corrected chi connectivity index (χ2v) is 6.44. The van der Waals surface area contributed by atoms with Crippen LogP contribution in [-0.4, -0.2) is 10.7 Å². The number of hydrogen-bond donors (Lipinski definition) is 1. The Morgan fingerprint density at radius 3 is 2.69 bits per heavy atom. The maximum absolute atomic E-state index is 10.9. The fourth-order valence-electron chi connectivity index (χ4n) is 4.04. The molecule has 1 nitrogen and oxygen atoms in total. The van der Waals surface area contributed by atoms with E-state index in [0.717, 1.165) is 24.7 Å². The van der Waals surface area contributed by atoms with Gasteiger partial charge in [0.05, 0.1) is 5.60 Å². The summed E-state index contributed by atoms with van der Waals surface area (Å²) in [6, 6.07) is 0. The molecule has 0 amide bonds. The Kier molecular flexibility index (Phi) is 3.94. The Hall–Kier alpha value is -0.0400. The monoisotopic (exact) mass is 224 g/mol. The van der Waals surface area contributed by atoms with Gasteiger partial charge in [0.1, 0.15) is 0 Å². The summed E-state index contributed by atoms with van der Waals surface area (Å²) in [6.45, 7) is 4.63. The summed E-state index contributed by atoms with van der Waals surface area (Å²) >= 11 is 0. The zero-order chi connectivity index (χ0) is 11.6. The average molecular weight is 224 g/mol. The van der Waals surface area contributed by atoms with E-state index in [1.165, 1.54) is 44.9 Å². The lowest BCUT2D eigenvalue weighted by atomic mass is 9.65. The van der Waals surface area contributed by atoms with Crippen LogP contribution >= 0.6 is 0 Å². The lowest BCUT2D eigenvalue weighted by Gasteiger charge is -2.45. The van der Waals surface area contributed by atoms with E-state index in [2.05, 4.69) is 13.8 Å². The fourth-order valence-corrected chi connectivity index (χ4v) is 4.04. The highest BCUT2D eigenvalue weighted by Gasteiger charge is 2.41. The second-order valence-electron chi connectivity index (χ2n) is 6.44. The van der Waals surface area contributed by atoms with Crippen molar-refractivity contribution in [2.75, 3.05) is 0 Å². The fraction of sp³-hybridized carbons (Fsp3) is 1.00. The van der Waals surface area contributed by atoms with E-state index in [4.69, 9.17) is 0 Å². The zero-order valence-corrected chi connectivity index (χ0v) is 11.0. The van der Waals surface area contributed by atoms with Crippen LogP contribution in [0, 0.1) is 17.8 Å². The van der Waals surface area contributed by atoms with Crippen molar-refractivity contribution in [3.05, 3.63) is 0 Å². The molecule has 16 heavy (non-hydrogen) atoms. The van der Waals surface area contributed by atoms with Gasteiger partial charge in [-0.1, -0.05) is 46.0 Å². The van der Waals surface area contributed by atoms with Gasteiger partial charge in [-0.3, -0.25) is 0 Å². The lowest BCUT2D eigenvalue weighted by Crippen LogP contribution is -2.44. The number of rotatable bonds is 2.